The van der Waals surface area contributed by atoms with Crippen molar-refractivity contribution >= 4 is 99.0 Å². The van der Waals surface area contributed by atoms with E-state index in [2.05, 4.69) is 195 Å². The lowest BCUT2D eigenvalue weighted by Gasteiger charge is -2.36. The molecule has 558 valence electrons. The molecule has 0 radical (unpaired) electrons. The number of carbonyl (C=O) groups excluding carboxylic acids is 2. The Bertz CT molecular complexity index is 5400. The molecule has 0 fully saturated rings. The van der Waals surface area contributed by atoms with Crippen LogP contribution in [-0.2, 0) is 62.2 Å². The highest BCUT2D eigenvalue weighted by Crippen LogP contribution is 2.68. The summed E-state index contributed by atoms with van der Waals surface area (Å²) in [6.07, 6.45) is 34.9. The summed E-state index contributed by atoms with van der Waals surface area (Å²) in [7, 11) is 0. The first-order valence-electron chi connectivity index (χ1n) is 41.6. The molecular formula is C102H94N4O2S4. The maximum absolute atomic E-state index is 15.2. The minimum atomic E-state index is -0.835. The van der Waals surface area contributed by atoms with Gasteiger partial charge in [0.1, 0.15) is 0 Å². The van der Waals surface area contributed by atoms with Crippen LogP contribution in [0.3, 0.4) is 0 Å². The van der Waals surface area contributed by atoms with Crippen LogP contribution in [0.25, 0.3) is 72.7 Å². The Morgan fingerprint density at radius 1 is 0.393 bits per heavy atom. The zero-order valence-electron chi connectivity index (χ0n) is 65.0. The van der Waals surface area contributed by atoms with Crippen molar-refractivity contribution < 1.29 is 9.59 Å². The Morgan fingerprint density at radius 2 is 0.696 bits per heavy atom. The standard InChI is InChI=1S/C102H94N4O2S4/c1-7-11-15-19-27-63-35-43-71(44-36-63)101(72-45-37-64(38-46-72)28-20-16-12-8-2)85-59-82-86(60-81(85)97-93(101)99-89(111-97)57-75(109-99)55-83-91(87(61-103)105-5)77-51-67-31-23-25-33-69(67)53-79(77)95(83)107)102(73-47-39-65(40-48-73)29-21-17-13-9-3,74-49-41-66(42-50-74)30-22-18-14-10-4)94-98(82)112-90-58-76(110-100(90)94)56-84-92(88(62-104)106-6)78-52-68-32-24-26-34-70(68)54-80(78)96(84)108/h35-60H,7-34H2,1-4H3/b83-55-,84-56-,91-87+,92-88?. The van der Waals surface area contributed by atoms with Crippen LogP contribution >= 0.6 is 45.3 Å². The molecule has 0 unspecified atom stereocenters. The van der Waals surface area contributed by atoms with Crippen LogP contribution in [0.15, 0.2) is 168 Å². The van der Waals surface area contributed by atoms with Crippen LogP contribution in [0.4, 0.5) is 0 Å². The molecule has 0 aliphatic heterocycles. The van der Waals surface area contributed by atoms with Gasteiger partial charge in [-0.05, 0) is 251 Å². The molecular weight excluding hydrogens is 1440 g/mol. The van der Waals surface area contributed by atoms with Gasteiger partial charge in [0, 0.05) is 73.5 Å². The second-order valence-electron chi connectivity index (χ2n) is 32.2. The van der Waals surface area contributed by atoms with Gasteiger partial charge < -0.3 is 0 Å². The number of aryl methyl sites for hydroxylation is 8. The van der Waals surface area contributed by atoms with Gasteiger partial charge in [0.25, 0.3) is 11.4 Å². The van der Waals surface area contributed by atoms with E-state index in [0.29, 0.717) is 44.5 Å². The second-order valence-corrected chi connectivity index (χ2v) is 36.5. The van der Waals surface area contributed by atoms with E-state index in [-0.39, 0.29) is 23.0 Å². The Balaban J connectivity index is 0.924. The topological polar surface area (TPSA) is 90.4 Å². The number of thiophene rings is 4. The molecule has 11 aromatic rings. The monoisotopic (exact) mass is 1530 g/mol. The van der Waals surface area contributed by atoms with Crippen molar-refractivity contribution in [1.82, 2.24) is 0 Å². The van der Waals surface area contributed by atoms with Crippen LogP contribution < -0.4 is 0 Å². The largest absolute Gasteiger partial charge is 0.289 e. The van der Waals surface area contributed by atoms with Gasteiger partial charge in [-0.25, -0.2) is 20.2 Å². The van der Waals surface area contributed by atoms with E-state index >= 15 is 9.59 Å². The Hall–Kier alpha value is -9.88. The third-order valence-corrected chi connectivity index (χ3v) is 30.1. The molecule has 0 atom stereocenters. The molecule has 0 spiro atoms. The Labute approximate surface area is 677 Å². The van der Waals surface area contributed by atoms with Gasteiger partial charge in [-0.2, -0.15) is 0 Å². The molecule has 6 aliphatic rings. The van der Waals surface area contributed by atoms with E-state index < -0.39 is 10.8 Å². The van der Waals surface area contributed by atoms with Crippen molar-refractivity contribution in [2.24, 2.45) is 0 Å². The average Bonchev–Trinajstić information content (AvgIpc) is 1.49. The van der Waals surface area contributed by atoms with E-state index in [1.807, 2.05) is 34.8 Å². The number of Topliss-reactive ketones (excluding diaryl/α,β-unsaturated/α-hetero) is 2. The van der Waals surface area contributed by atoms with E-state index in [9.17, 15) is 10.5 Å². The highest BCUT2D eigenvalue weighted by molar-refractivity contribution is 7.31. The molecule has 0 bridgehead atoms. The van der Waals surface area contributed by atoms with Crippen LogP contribution in [0, 0.1) is 35.8 Å². The summed E-state index contributed by atoms with van der Waals surface area (Å²) in [5, 5.41) is 21.4. The predicted molar refractivity (Wildman–Crippen MR) is 468 cm³/mol. The third-order valence-electron chi connectivity index (χ3n) is 25.3. The number of rotatable bonds is 26. The van der Waals surface area contributed by atoms with E-state index in [4.69, 9.17) is 13.1 Å². The molecule has 6 aliphatic carbocycles. The summed E-state index contributed by atoms with van der Waals surface area (Å²) < 4.78 is 4.59. The highest BCUT2D eigenvalue weighted by Gasteiger charge is 2.55. The number of allylic oxidation sites excluding steroid dienone is 6. The first-order valence-corrected chi connectivity index (χ1v) is 44.9. The van der Waals surface area contributed by atoms with Crippen LogP contribution in [0.2, 0.25) is 0 Å². The van der Waals surface area contributed by atoms with Crippen molar-refractivity contribution in [1.29, 1.82) is 10.5 Å². The fourth-order valence-corrected chi connectivity index (χ4v) is 25.1. The molecule has 17 rings (SSSR count). The quantitative estimate of drug-likeness (QED) is 0.0234. The minimum absolute atomic E-state index is 0.0543. The van der Waals surface area contributed by atoms with E-state index in [0.717, 1.165) is 122 Å². The molecule has 7 aromatic carbocycles. The van der Waals surface area contributed by atoms with Crippen LogP contribution in [-0.4, -0.2) is 11.6 Å². The Morgan fingerprint density at radius 3 is 0.982 bits per heavy atom. The summed E-state index contributed by atoms with van der Waals surface area (Å²) in [5.74, 6) is -0.259. The number of unbranched alkanes of at least 4 members (excludes halogenated alkanes) is 12. The molecule has 4 heterocycles. The normalized spacial score (nSPS) is 16.9. The van der Waals surface area contributed by atoms with E-state index in [1.165, 1.54) is 196 Å². The number of nitrogens with zero attached hydrogens (tertiary/aromatic N) is 4. The van der Waals surface area contributed by atoms with Gasteiger partial charge >= 0.3 is 0 Å². The summed E-state index contributed by atoms with van der Waals surface area (Å²) in [6.45, 7) is 25.8. The molecule has 0 amide bonds. The zero-order chi connectivity index (χ0) is 76.8. The first kappa shape index (κ1) is 74.8. The van der Waals surface area contributed by atoms with Gasteiger partial charge in [-0.1, -0.05) is 214 Å². The number of carbonyl (C=O) groups is 2. The number of benzene rings is 7. The van der Waals surface area contributed by atoms with Crippen molar-refractivity contribution in [2.75, 3.05) is 0 Å². The molecule has 4 aromatic heterocycles. The third kappa shape index (κ3) is 12.9. The lowest BCUT2D eigenvalue weighted by Crippen LogP contribution is -2.30. The second kappa shape index (κ2) is 31.9. The van der Waals surface area contributed by atoms with Crippen molar-refractivity contribution in [3.63, 3.8) is 0 Å². The molecule has 10 heteroatoms. The molecule has 0 saturated heterocycles. The summed E-state index contributed by atoms with van der Waals surface area (Å²) in [4.78, 5) is 42.3. The minimum Gasteiger partial charge on any atom is -0.289 e. The van der Waals surface area contributed by atoms with Crippen LogP contribution in [0.5, 0.6) is 0 Å². The Kier molecular flexibility index (Phi) is 21.3. The van der Waals surface area contributed by atoms with Crippen molar-refractivity contribution in [2.45, 2.75) is 218 Å². The summed E-state index contributed by atoms with van der Waals surface area (Å²) >= 11 is 7.15. The average molecular weight is 1540 g/mol. The van der Waals surface area contributed by atoms with Crippen LogP contribution in [0.1, 0.15) is 287 Å². The van der Waals surface area contributed by atoms with Crippen molar-refractivity contribution in [3.05, 3.63) is 312 Å². The fourth-order valence-electron chi connectivity index (χ4n) is 19.6. The van der Waals surface area contributed by atoms with Gasteiger partial charge in [0.15, 0.2) is 11.6 Å². The highest BCUT2D eigenvalue weighted by atomic mass is 32.1. The predicted octanol–water partition coefficient (Wildman–Crippen LogP) is 28.1. The number of nitriles is 2. The van der Waals surface area contributed by atoms with Gasteiger partial charge in [-0.3, -0.25) is 9.59 Å². The van der Waals surface area contributed by atoms with Gasteiger partial charge in [0.05, 0.1) is 45.5 Å². The molecule has 112 heavy (non-hydrogen) atoms. The smallest absolute Gasteiger partial charge is 0.270 e. The van der Waals surface area contributed by atoms with E-state index in [1.54, 1.807) is 22.7 Å². The lowest BCUT2D eigenvalue weighted by molar-refractivity contribution is 0.103. The van der Waals surface area contributed by atoms with Gasteiger partial charge in [-0.15, -0.1) is 45.3 Å². The lowest BCUT2D eigenvalue weighted by atomic mass is 9.65. The summed E-state index contributed by atoms with van der Waals surface area (Å²) in [5.41, 5.74) is 24.9. The maximum Gasteiger partial charge on any atom is 0.270 e. The van der Waals surface area contributed by atoms with Gasteiger partial charge in [0.2, 0.25) is 0 Å². The zero-order valence-corrected chi connectivity index (χ0v) is 68.3. The SMILES string of the molecule is [C-]#[N+]C(C#N)=C1/C(=C/c2cc3sc4c(c3s2)C(c2ccc(CCCCCC)cc2)(c2ccc(CCCCCC)cc2)c2cc3c(cc2-4)C(c2ccc(CCCCCC)cc2)(c2ccc(CCCCCC)cc2)c2c-3sc3cc(/C=C4\C(=O)c5cc6c(cc5\C4=C(\C#N)[N+]#[C-])CCCC6)sc23)C(=O)c2cc3c(cc21)CCCC3. The van der Waals surface area contributed by atoms with Crippen molar-refractivity contribution in [3.8, 4) is 33.0 Å². The number of hydrogen-bond acceptors (Lipinski definition) is 8. The molecule has 0 saturated carbocycles. The molecule has 0 N–H and O–H groups in total. The number of ketones is 2. The summed E-state index contributed by atoms with van der Waals surface area (Å²) in [6, 6.07) is 61.4. The first-order chi connectivity index (χ1) is 55.0. The number of hydrogen-bond donors (Lipinski definition) is 0. The fraction of sp³-hybridized carbons (Fsp3) is 0.333. The maximum atomic E-state index is 15.2. The number of fused-ring (bicyclic) bond motifs is 14. The molecule has 6 nitrogen and oxygen atoms in total.